The molecule has 2 aliphatic heterocycles. The molecule has 10 heteroatoms. The van der Waals surface area contributed by atoms with Gasteiger partial charge < -0.3 is 14.5 Å². The number of aryl methyl sites for hydroxylation is 1. The number of fused-ring (bicyclic) bond motifs is 2. The van der Waals surface area contributed by atoms with Gasteiger partial charge in [0.1, 0.15) is 17.4 Å². The number of nitrogens with one attached hydrogen (secondary N) is 2. The Kier molecular flexibility index (Phi) is 4.86. The SMILES string of the molecule is Cc1nc2c(NC(=O)c3occ4c3CCOC4)cccc2c(=O)n1C1CCC(=O)NC1=O. The maximum atomic E-state index is 13.2. The molecule has 1 fully saturated rings. The average Bonchev–Trinajstić information content (AvgIpc) is 3.20. The number of benzene rings is 1. The van der Waals surface area contributed by atoms with Crippen LogP contribution in [0.25, 0.3) is 10.9 Å². The molecule has 1 atom stereocenters. The fourth-order valence-electron chi connectivity index (χ4n) is 4.26. The predicted octanol–water partition coefficient (Wildman–Crippen LogP) is 1.60. The summed E-state index contributed by atoms with van der Waals surface area (Å²) in [4.78, 5) is 54.5. The number of para-hydroxylation sites is 1. The van der Waals surface area contributed by atoms with Crippen molar-refractivity contribution in [3.05, 3.63) is 57.5 Å². The summed E-state index contributed by atoms with van der Waals surface area (Å²) in [5.74, 6) is -0.791. The Morgan fingerprint density at radius 2 is 2.09 bits per heavy atom. The van der Waals surface area contributed by atoms with Crippen LogP contribution in [0.2, 0.25) is 0 Å². The third-order valence-corrected chi connectivity index (χ3v) is 5.82. The Labute approximate surface area is 181 Å². The van der Waals surface area contributed by atoms with Crippen molar-refractivity contribution < 1.29 is 23.5 Å². The largest absolute Gasteiger partial charge is 0.458 e. The molecule has 10 nitrogen and oxygen atoms in total. The van der Waals surface area contributed by atoms with E-state index in [0.29, 0.717) is 36.7 Å². The summed E-state index contributed by atoms with van der Waals surface area (Å²) < 4.78 is 12.2. The van der Waals surface area contributed by atoms with E-state index in [1.54, 1.807) is 25.1 Å². The van der Waals surface area contributed by atoms with E-state index in [4.69, 9.17) is 9.15 Å². The van der Waals surface area contributed by atoms with Crippen LogP contribution in [0.5, 0.6) is 0 Å². The average molecular weight is 436 g/mol. The molecule has 2 aliphatic rings. The molecule has 164 valence electrons. The number of imide groups is 1. The summed E-state index contributed by atoms with van der Waals surface area (Å²) in [5.41, 5.74) is 1.93. The molecule has 2 aromatic heterocycles. The first-order chi connectivity index (χ1) is 15.4. The smallest absolute Gasteiger partial charge is 0.291 e. The monoisotopic (exact) mass is 436 g/mol. The molecule has 1 unspecified atom stereocenters. The molecule has 1 saturated heterocycles. The van der Waals surface area contributed by atoms with Gasteiger partial charge in [0, 0.05) is 24.0 Å². The molecular weight excluding hydrogens is 416 g/mol. The van der Waals surface area contributed by atoms with Crippen LogP contribution in [0, 0.1) is 6.92 Å². The molecule has 32 heavy (non-hydrogen) atoms. The summed E-state index contributed by atoms with van der Waals surface area (Å²) in [5, 5.41) is 5.32. The number of hydrogen-bond donors (Lipinski definition) is 2. The van der Waals surface area contributed by atoms with Crippen molar-refractivity contribution >= 4 is 34.3 Å². The van der Waals surface area contributed by atoms with Crippen molar-refractivity contribution in [3.63, 3.8) is 0 Å². The molecule has 0 aliphatic carbocycles. The van der Waals surface area contributed by atoms with Crippen LogP contribution in [0.1, 0.15) is 46.4 Å². The van der Waals surface area contributed by atoms with Crippen LogP contribution in [0.15, 0.2) is 33.7 Å². The number of ether oxygens (including phenoxy) is 1. The molecular formula is C22H20N4O6. The standard InChI is InChI=1S/C22H20N4O6/c1-11-23-18-14(22(30)26(11)16-5-6-17(27)25-20(16)28)3-2-4-15(18)24-21(29)19-13-7-8-31-9-12(13)10-32-19/h2-4,10,16H,5-9H2,1H3,(H,24,29)(H,25,27,28). The molecule has 0 saturated carbocycles. The third kappa shape index (κ3) is 3.28. The van der Waals surface area contributed by atoms with E-state index in [-0.39, 0.29) is 29.9 Å². The highest BCUT2D eigenvalue weighted by molar-refractivity contribution is 6.07. The van der Waals surface area contributed by atoms with E-state index in [2.05, 4.69) is 15.6 Å². The zero-order valence-corrected chi connectivity index (χ0v) is 17.3. The fourth-order valence-corrected chi connectivity index (χ4v) is 4.26. The number of furan rings is 1. The number of carbonyl (C=O) groups is 3. The van der Waals surface area contributed by atoms with E-state index in [1.807, 2.05) is 0 Å². The lowest BCUT2D eigenvalue weighted by Gasteiger charge is -2.24. The molecule has 1 aromatic carbocycles. The van der Waals surface area contributed by atoms with Crippen LogP contribution in [-0.2, 0) is 27.4 Å². The van der Waals surface area contributed by atoms with Crippen molar-refractivity contribution in [2.24, 2.45) is 0 Å². The van der Waals surface area contributed by atoms with Gasteiger partial charge in [0.2, 0.25) is 11.8 Å². The summed E-state index contributed by atoms with van der Waals surface area (Å²) in [6.45, 7) is 2.54. The van der Waals surface area contributed by atoms with Gasteiger partial charge in [0.15, 0.2) is 5.76 Å². The van der Waals surface area contributed by atoms with Crippen molar-refractivity contribution in [1.82, 2.24) is 14.9 Å². The number of anilines is 1. The summed E-state index contributed by atoms with van der Waals surface area (Å²) >= 11 is 0. The highest BCUT2D eigenvalue weighted by Crippen LogP contribution is 2.26. The topological polar surface area (TPSA) is 133 Å². The van der Waals surface area contributed by atoms with Gasteiger partial charge in [-0.15, -0.1) is 0 Å². The molecule has 0 bridgehead atoms. The number of amides is 3. The van der Waals surface area contributed by atoms with Gasteiger partial charge in [-0.3, -0.25) is 29.1 Å². The lowest BCUT2D eigenvalue weighted by Crippen LogP contribution is -2.45. The summed E-state index contributed by atoms with van der Waals surface area (Å²) in [6, 6.07) is 4.07. The highest BCUT2D eigenvalue weighted by Gasteiger charge is 2.31. The normalized spacial score (nSPS) is 18.3. The molecule has 3 amide bonds. The van der Waals surface area contributed by atoms with Crippen LogP contribution in [0.3, 0.4) is 0 Å². The number of piperidine rings is 1. The number of aromatic nitrogens is 2. The summed E-state index contributed by atoms with van der Waals surface area (Å²) in [7, 11) is 0. The number of carbonyl (C=O) groups excluding carboxylic acids is 3. The number of rotatable bonds is 3. The second-order valence-electron chi connectivity index (χ2n) is 7.83. The lowest BCUT2D eigenvalue weighted by atomic mass is 10.0. The Morgan fingerprint density at radius 1 is 1.25 bits per heavy atom. The predicted molar refractivity (Wildman–Crippen MR) is 112 cm³/mol. The van der Waals surface area contributed by atoms with Gasteiger partial charge in [-0.1, -0.05) is 6.07 Å². The Morgan fingerprint density at radius 3 is 2.91 bits per heavy atom. The molecule has 0 radical (unpaired) electrons. The Bertz CT molecular complexity index is 1340. The van der Waals surface area contributed by atoms with Crippen molar-refractivity contribution in [1.29, 1.82) is 0 Å². The Hall–Kier alpha value is -3.79. The molecule has 2 N–H and O–H groups in total. The van der Waals surface area contributed by atoms with E-state index >= 15 is 0 Å². The van der Waals surface area contributed by atoms with Gasteiger partial charge in [0.25, 0.3) is 11.5 Å². The van der Waals surface area contributed by atoms with Crippen molar-refractivity contribution in [3.8, 4) is 0 Å². The Balaban J connectivity index is 1.52. The molecule has 0 spiro atoms. The maximum absolute atomic E-state index is 13.2. The van der Waals surface area contributed by atoms with Crippen LogP contribution < -0.4 is 16.2 Å². The number of nitrogens with zero attached hydrogens (tertiary/aromatic N) is 2. The minimum atomic E-state index is -0.813. The van der Waals surface area contributed by atoms with Crippen LogP contribution in [-0.4, -0.2) is 33.9 Å². The van der Waals surface area contributed by atoms with Gasteiger partial charge in [-0.2, -0.15) is 0 Å². The maximum Gasteiger partial charge on any atom is 0.291 e. The number of hydrogen-bond acceptors (Lipinski definition) is 7. The quantitative estimate of drug-likeness (QED) is 0.596. The molecule has 4 heterocycles. The van der Waals surface area contributed by atoms with E-state index in [0.717, 1.165) is 11.1 Å². The van der Waals surface area contributed by atoms with Gasteiger partial charge in [0.05, 0.1) is 30.6 Å². The van der Waals surface area contributed by atoms with E-state index in [1.165, 1.54) is 10.8 Å². The van der Waals surface area contributed by atoms with Gasteiger partial charge in [-0.05, 0) is 25.5 Å². The van der Waals surface area contributed by atoms with Gasteiger partial charge in [-0.25, -0.2) is 4.98 Å². The third-order valence-electron chi connectivity index (χ3n) is 5.82. The first kappa shape index (κ1) is 20.1. The van der Waals surface area contributed by atoms with Crippen LogP contribution >= 0.6 is 0 Å². The second-order valence-corrected chi connectivity index (χ2v) is 7.83. The molecule has 5 rings (SSSR count). The van der Waals surface area contributed by atoms with Crippen LogP contribution in [0.4, 0.5) is 5.69 Å². The second kappa shape index (κ2) is 7.72. The van der Waals surface area contributed by atoms with E-state index in [9.17, 15) is 19.2 Å². The highest BCUT2D eigenvalue weighted by atomic mass is 16.5. The fraction of sp³-hybridized carbons (Fsp3) is 0.318. The zero-order chi connectivity index (χ0) is 22.4. The van der Waals surface area contributed by atoms with Crippen molar-refractivity contribution in [2.45, 2.75) is 38.8 Å². The first-order valence-electron chi connectivity index (χ1n) is 10.3. The van der Waals surface area contributed by atoms with E-state index < -0.39 is 23.4 Å². The first-order valence-corrected chi connectivity index (χ1v) is 10.3. The minimum Gasteiger partial charge on any atom is -0.458 e. The zero-order valence-electron chi connectivity index (χ0n) is 17.3. The summed E-state index contributed by atoms with van der Waals surface area (Å²) in [6.07, 6.45) is 2.48. The van der Waals surface area contributed by atoms with Gasteiger partial charge >= 0.3 is 0 Å². The molecule has 3 aromatic rings. The lowest BCUT2D eigenvalue weighted by molar-refractivity contribution is -0.135. The minimum absolute atomic E-state index is 0.148. The van der Waals surface area contributed by atoms with Crippen molar-refractivity contribution in [2.75, 3.05) is 11.9 Å².